The lowest BCUT2D eigenvalue weighted by molar-refractivity contribution is 0.564. The fourth-order valence-corrected chi connectivity index (χ4v) is 1.86. The Labute approximate surface area is 115 Å². The van der Waals surface area contributed by atoms with Crippen LogP contribution >= 0.6 is 0 Å². The first-order valence-electron chi connectivity index (χ1n) is 6.56. The van der Waals surface area contributed by atoms with Crippen molar-refractivity contribution in [1.29, 1.82) is 0 Å². The van der Waals surface area contributed by atoms with Crippen molar-refractivity contribution in [2.24, 2.45) is 0 Å². The van der Waals surface area contributed by atoms with E-state index in [4.69, 9.17) is 4.42 Å². The van der Waals surface area contributed by atoms with Crippen LogP contribution in [0.1, 0.15) is 18.9 Å². The van der Waals surface area contributed by atoms with Gasteiger partial charge in [0.2, 0.25) is 5.95 Å². The van der Waals surface area contributed by atoms with E-state index in [1.807, 2.05) is 6.07 Å². The van der Waals surface area contributed by atoms with Gasteiger partial charge in [-0.2, -0.15) is 9.97 Å². The molecule has 104 valence electrons. The van der Waals surface area contributed by atoms with E-state index >= 15 is 0 Å². The minimum Gasteiger partial charge on any atom is -0.472 e. The third-order valence-corrected chi connectivity index (χ3v) is 2.86. The molecule has 0 aliphatic rings. The number of furan rings is 1. The molecule has 0 amide bonds. The third kappa shape index (κ3) is 2.56. The first-order chi connectivity index (χ1) is 9.86. The molecule has 3 aromatic rings. The zero-order chi connectivity index (χ0) is 13.8. The summed E-state index contributed by atoms with van der Waals surface area (Å²) in [6, 6.07) is 1.91. The highest BCUT2D eigenvalue weighted by Crippen LogP contribution is 2.19. The van der Waals surface area contributed by atoms with Gasteiger partial charge in [0.05, 0.1) is 18.9 Å². The summed E-state index contributed by atoms with van der Waals surface area (Å²) in [6.07, 6.45) is 5.98. The van der Waals surface area contributed by atoms with Crippen molar-refractivity contribution in [2.75, 3.05) is 17.2 Å². The lowest BCUT2D eigenvalue weighted by Gasteiger charge is -2.08. The normalized spacial score (nSPS) is 10.8. The molecular formula is C13H16N6O. The number of aromatic amines is 1. The number of aromatic nitrogens is 4. The van der Waals surface area contributed by atoms with E-state index in [9.17, 15) is 0 Å². The van der Waals surface area contributed by atoms with E-state index in [0.717, 1.165) is 29.9 Å². The van der Waals surface area contributed by atoms with Gasteiger partial charge in [-0.05, 0) is 12.5 Å². The molecule has 20 heavy (non-hydrogen) atoms. The van der Waals surface area contributed by atoms with Gasteiger partial charge in [0.25, 0.3) is 0 Å². The van der Waals surface area contributed by atoms with Gasteiger partial charge in [-0.15, -0.1) is 0 Å². The second-order valence-electron chi connectivity index (χ2n) is 4.41. The van der Waals surface area contributed by atoms with E-state index in [2.05, 4.69) is 37.5 Å². The van der Waals surface area contributed by atoms with Crippen LogP contribution in [-0.4, -0.2) is 26.5 Å². The van der Waals surface area contributed by atoms with Crippen LogP contribution < -0.4 is 10.6 Å². The molecule has 0 bridgehead atoms. The van der Waals surface area contributed by atoms with Crippen molar-refractivity contribution < 1.29 is 4.42 Å². The Bertz CT molecular complexity index is 675. The van der Waals surface area contributed by atoms with Gasteiger partial charge in [0, 0.05) is 18.7 Å². The molecule has 3 heterocycles. The maximum absolute atomic E-state index is 5.05. The van der Waals surface area contributed by atoms with Gasteiger partial charge in [-0.1, -0.05) is 6.92 Å². The summed E-state index contributed by atoms with van der Waals surface area (Å²) in [5.74, 6) is 1.31. The zero-order valence-electron chi connectivity index (χ0n) is 11.2. The molecule has 3 rings (SSSR count). The summed E-state index contributed by atoms with van der Waals surface area (Å²) in [4.78, 5) is 16.1. The number of imidazole rings is 1. The van der Waals surface area contributed by atoms with Crippen LogP contribution in [0.5, 0.6) is 0 Å². The Hall–Kier alpha value is -2.57. The molecule has 0 aliphatic heterocycles. The van der Waals surface area contributed by atoms with Crippen molar-refractivity contribution >= 4 is 22.9 Å². The number of anilines is 2. The topological polar surface area (TPSA) is 91.7 Å². The molecule has 3 N–H and O–H groups in total. The molecule has 0 saturated heterocycles. The molecule has 0 aromatic carbocycles. The molecule has 0 atom stereocenters. The monoisotopic (exact) mass is 272 g/mol. The molecule has 3 aromatic heterocycles. The molecule has 0 aliphatic carbocycles. The number of nitrogens with one attached hydrogen (secondary N) is 3. The fourth-order valence-electron chi connectivity index (χ4n) is 1.86. The van der Waals surface area contributed by atoms with Gasteiger partial charge in [-0.25, -0.2) is 4.98 Å². The third-order valence-electron chi connectivity index (χ3n) is 2.86. The number of rotatable bonds is 6. The molecule has 7 heteroatoms. The fraction of sp³-hybridized carbons (Fsp3) is 0.308. The summed E-state index contributed by atoms with van der Waals surface area (Å²) in [7, 11) is 0. The first-order valence-corrected chi connectivity index (χ1v) is 6.56. The highest BCUT2D eigenvalue weighted by Gasteiger charge is 2.09. The Morgan fingerprint density at radius 1 is 1.30 bits per heavy atom. The lowest BCUT2D eigenvalue weighted by Crippen LogP contribution is -2.08. The average Bonchev–Trinajstić information content (AvgIpc) is 3.13. The van der Waals surface area contributed by atoms with E-state index in [-0.39, 0.29) is 0 Å². The Morgan fingerprint density at radius 3 is 3.05 bits per heavy atom. The van der Waals surface area contributed by atoms with Gasteiger partial charge in [0.1, 0.15) is 5.52 Å². The zero-order valence-corrected chi connectivity index (χ0v) is 11.2. The average molecular weight is 272 g/mol. The SMILES string of the molecule is CCCNc1nc(NCc2ccoc2)c2[nH]cnc2n1. The van der Waals surface area contributed by atoms with Gasteiger partial charge < -0.3 is 20.0 Å². The summed E-state index contributed by atoms with van der Waals surface area (Å²) < 4.78 is 5.05. The first kappa shape index (κ1) is 12.5. The summed E-state index contributed by atoms with van der Waals surface area (Å²) >= 11 is 0. The number of H-pyrrole nitrogens is 1. The van der Waals surface area contributed by atoms with Crippen LogP contribution in [-0.2, 0) is 6.54 Å². The van der Waals surface area contributed by atoms with Gasteiger partial charge in [0.15, 0.2) is 11.5 Å². The second-order valence-corrected chi connectivity index (χ2v) is 4.41. The molecule has 0 spiro atoms. The summed E-state index contributed by atoms with van der Waals surface area (Å²) in [5, 5.41) is 6.45. The Kier molecular flexibility index (Phi) is 3.49. The van der Waals surface area contributed by atoms with Crippen LogP contribution in [0.25, 0.3) is 11.2 Å². The molecule has 0 radical (unpaired) electrons. The largest absolute Gasteiger partial charge is 0.472 e. The molecule has 0 saturated carbocycles. The standard InChI is InChI=1S/C13H16N6O/c1-2-4-14-13-18-11(10-12(19-13)17-8-16-10)15-6-9-3-5-20-7-9/h3,5,7-8H,2,4,6H2,1H3,(H3,14,15,16,17,18,19). The summed E-state index contributed by atoms with van der Waals surface area (Å²) in [6.45, 7) is 3.56. The van der Waals surface area contributed by atoms with Crippen LogP contribution in [0.3, 0.4) is 0 Å². The molecular weight excluding hydrogens is 256 g/mol. The maximum Gasteiger partial charge on any atom is 0.226 e. The molecule has 0 unspecified atom stereocenters. The highest BCUT2D eigenvalue weighted by molar-refractivity contribution is 5.83. The van der Waals surface area contributed by atoms with Crippen molar-refractivity contribution in [3.05, 3.63) is 30.5 Å². The van der Waals surface area contributed by atoms with Gasteiger partial charge in [-0.3, -0.25) is 0 Å². The maximum atomic E-state index is 5.05. The minimum absolute atomic E-state index is 0.584. The van der Waals surface area contributed by atoms with Gasteiger partial charge >= 0.3 is 0 Å². The quantitative estimate of drug-likeness (QED) is 0.638. The number of fused-ring (bicyclic) bond motifs is 1. The predicted octanol–water partition coefficient (Wildman–Crippen LogP) is 2.38. The van der Waals surface area contributed by atoms with E-state index in [0.29, 0.717) is 18.1 Å². The van der Waals surface area contributed by atoms with Crippen LogP contribution in [0, 0.1) is 0 Å². The lowest BCUT2D eigenvalue weighted by atomic mass is 10.3. The number of nitrogens with zero attached hydrogens (tertiary/aromatic N) is 3. The molecule has 7 nitrogen and oxygen atoms in total. The Morgan fingerprint density at radius 2 is 2.25 bits per heavy atom. The smallest absolute Gasteiger partial charge is 0.226 e. The van der Waals surface area contributed by atoms with Crippen molar-refractivity contribution in [3.63, 3.8) is 0 Å². The number of hydrogen-bond donors (Lipinski definition) is 3. The van der Waals surface area contributed by atoms with Crippen LogP contribution in [0.2, 0.25) is 0 Å². The molecule has 0 fully saturated rings. The van der Waals surface area contributed by atoms with Crippen LogP contribution in [0.4, 0.5) is 11.8 Å². The van der Waals surface area contributed by atoms with Crippen molar-refractivity contribution in [2.45, 2.75) is 19.9 Å². The van der Waals surface area contributed by atoms with E-state index < -0.39 is 0 Å². The highest BCUT2D eigenvalue weighted by atomic mass is 16.3. The number of hydrogen-bond acceptors (Lipinski definition) is 6. The predicted molar refractivity (Wildman–Crippen MR) is 76.5 cm³/mol. The minimum atomic E-state index is 0.584. The summed E-state index contributed by atoms with van der Waals surface area (Å²) in [5.41, 5.74) is 2.50. The second kappa shape index (κ2) is 5.60. The van der Waals surface area contributed by atoms with Crippen molar-refractivity contribution in [1.82, 2.24) is 19.9 Å². The van der Waals surface area contributed by atoms with E-state index in [1.165, 1.54) is 0 Å². The van der Waals surface area contributed by atoms with Crippen molar-refractivity contribution in [3.8, 4) is 0 Å². The Balaban J connectivity index is 1.85. The van der Waals surface area contributed by atoms with E-state index in [1.54, 1.807) is 18.9 Å². The van der Waals surface area contributed by atoms with Crippen LogP contribution in [0.15, 0.2) is 29.3 Å².